The number of amides is 1. The summed E-state index contributed by atoms with van der Waals surface area (Å²) in [4.78, 5) is 36.6. The maximum absolute atomic E-state index is 13.6. The zero-order chi connectivity index (χ0) is 21.9. The van der Waals surface area contributed by atoms with E-state index in [-0.39, 0.29) is 28.6 Å². The van der Waals surface area contributed by atoms with Crippen molar-refractivity contribution in [2.24, 2.45) is 0 Å². The molecule has 1 unspecified atom stereocenters. The van der Waals surface area contributed by atoms with Crippen LogP contribution in [0, 0.1) is 20.2 Å². The standard InChI is InChI=1S/C20H22ClN3O5/c1-12(2)22(13(3)4)20(25)19(15-7-5-6-8-17(15)21)16-10-9-14(23(26)27)11-18(16)24(28)29/h5-13,19H,1-4H3. The lowest BCUT2D eigenvalue weighted by atomic mass is 9.87. The van der Waals surface area contributed by atoms with Gasteiger partial charge in [0.25, 0.3) is 11.4 Å². The lowest BCUT2D eigenvalue weighted by molar-refractivity contribution is -0.394. The van der Waals surface area contributed by atoms with Gasteiger partial charge in [0.1, 0.15) is 0 Å². The summed E-state index contributed by atoms with van der Waals surface area (Å²) < 4.78 is 0. The fourth-order valence-corrected chi connectivity index (χ4v) is 3.69. The van der Waals surface area contributed by atoms with E-state index in [0.717, 1.165) is 12.1 Å². The molecule has 154 valence electrons. The first kappa shape index (κ1) is 22.3. The van der Waals surface area contributed by atoms with Crippen molar-refractivity contribution in [3.8, 4) is 0 Å². The maximum atomic E-state index is 13.6. The summed E-state index contributed by atoms with van der Waals surface area (Å²) in [6.45, 7) is 7.41. The van der Waals surface area contributed by atoms with Gasteiger partial charge in [-0.05, 0) is 45.4 Å². The molecule has 29 heavy (non-hydrogen) atoms. The van der Waals surface area contributed by atoms with Crippen LogP contribution in [0.15, 0.2) is 42.5 Å². The summed E-state index contributed by atoms with van der Waals surface area (Å²) in [7, 11) is 0. The van der Waals surface area contributed by atoms with Gasteiger partial charge in [-0.1, -0.05) is 29.8 Å². The SMILES string of the molecule is CC(C)N(C(=O)C(c1ccccc1Cl)c1ccc([N+](=O)[O-])cc1[N+](=O)[O-])C(C)C. The van der Waals surface area contributed by atoms with E-state index in [0.29, 0.717) is 5.56 Å². The average molecular weight is 420 g/mol. The van der Waals surface area contributed by atoms with Crippen molar-refractivity contribution in [1.82, 2.24) is 4.90 Å². The minimum absolute atomic E-state index is 0.0602. The second-order valence-corrected chi connectivity index (χ2v) is 7.55. The zero-order valence-electron chi connectivity index (χ0n) is 16.5. The second-order valence-electron chi connectivity index (χ2n) is 7.14. The highest BCUT2D eigenvalue weighted by atomic mass is 35.5. The van der Waals surface area contributed by atoms with Crippen LogP contribution in [-0.2, 0) is 4.79 Å². The number of hydrogen-bond acceptors (Lipinski definition) is 5. The molecule has 0 aliphatic carbocycles. The smallest absolute Gasteiger partial charge is 0.280 e. The van der Waals surface area contributed by atoms with Crippen LogP contribution >= 0.6 is 11.6 Å². The van der Waals surface area contributed by atoms with E-state index >= 15 is 0 Å². The molecule has 9 heteroatoms. The Balaban J connectivity index is 2.79. The van der Waals surface area contributed by atoms with Gasteiger partial charge >= 0.3 is 0 Å². The average Bonchev–Trinajstić information content (AvgIpc) is 2.62. The Kier molecular flexibility index (Phi) is 6.92. The number of halogens is 1. The Morgan fingerprint density at radius 1 is 0.931 bits per heavy atom. The summed E-state index contributed by atoms with van der Waals surface area (Å²) in [5.41, 5.74) is -0.451. The summed E-state index contributed by atoms with van der Waals surface area (Å²) in [5, 5.41) is 23.1. The molecule has 2 rings (SSSR count). The third-order valence-electron chi connectivity index (χ3n) is 4.56. The Hall–Kier alpha value is -3.00. The fraction of sp³-hybridized carbons (Fsp3) is 0.350. The molecule has 0 radical (unpaired) electrons. The molecule has 0 spiro atoms. The molecular weight excluding hydrogens is 398 g/mol. The van der Waals surface area contributed by atoms with Crippen molar-refractivity contribution in [3.05, 3.63) is 78.8 Å². The largest absolute Gasteiger partial charge is 0.337 e. The lowest BCUT2D eigenvalue weighted by Gasteiger charge is -2.34. The molecule has 0 saturated heterocycles. The minimum Gasteiger partial charge on any atom is -0.337 e. The van der Waals surface area contributed by atoms with E-state index in [9.17, 15) is 25.0 Å². The first-order valence-corrected chi connectivity index (χ1v) is 9.43. The van der Waals surface area contributed by atoms with Crippen LogP contribution in [0.25, 0.3) is 0 Å². The van der Waals surface area contributed by atoms with Crippen molar-refractivity contribution in [2.45, 2.75) is 45.7 Å². The van der Waals surface area contributed by atoms with E-state index in [1.165, 1.54) is 6.07 Å². The third kappa shape index (κ3) is 4.71. The molecule has 0 aliphatic rings. The van der Waals surface area contributed by atoms with Gasteiger partial charge in [-0.25, -0.2) is 0 Å². The molecule has 2 aromatic rings. The maximum Gasteiger partial charge on any atom is 0.280 e. The molecule has 0 heterocycles. The predicted octanol–water partition coefficient (Wildman–Crippen LogP) is 4.93. The first-order valence-electron chi connectivity index (χ1n) is 9.05. The number of nitrogens with zero attached hydrogens (tertiary/aromatic N) is 3. The summed E-state index contributed by atoms with van der Waals surface area (Å²) >= 11 is 6.34. The summed E-state index contributed by atoms with van der Waals surface area (Å²) in [6, 6.07) is 9.60. The van der Waals surface area contributed by atoms with Gasteiger partial charge in [0, 0.05) is 28.7 Å². The van der Waals surface area contributed by atoms with Crippen LogP contribution in [0.2, 0.25) is 5.02 Å². The van der Waals surface area contributed by atoms with Crippen molar-refractivity contribution >= 4 is 28.9 Å². The highest BCUT2D eigenvalue weighted by molar-refractivity contribution is 6.31. The predicted molar refractivity (Wildman–Crippen MR) is 110 cm³/mol. The number of nitro benzene ring substituents is 2. The third-order valence-corrected chi connectivity index (χ3v) is 4.91. The zero-order valence-corrected chi connectivity index (χ0v) is 17.3. The highest BCUT2D eigenvalue weighted by Crippen LogP contribution is 2.38. The van der Waals surface area contributed by atoms with Crippen LogP contribution in [-0.4, -0.2) is 32.7 Å². The molecule has 0 aliphatic heterocycles. The molecule has 1 amide bonds. The topological polar surface area (TPSA) is 107 Å². The Morgan fingerprint density at radius 3 is 2.00 bits per heavy atom. The molecule has 0 N–H and O–H groups in total. The lowest BCUT2D eigenvalue weighted by Crippen LogP contribution is -2.45. The Labute approximate surface area is 173 Å². The van der Waals surface area contributed by atoms with Crippen LogP contribution in [0.4, 0.5) is 11.4 Å². The minimum atomic E-state index is -1.07. The Morgan fingerprint density at radius 2 is 1.52 bits per heavy atom. The van der Waals surface area contributed by atoms with Gasteiger partial charge in [-0.3, -0.25) is 25.0 Å². The fourth-order valence-electron chi connectivity index (χ4n) is 3.44. The quantitative estimate of drug-likeness (QED) is 0.467. The van der Waals surface area contributed by atoms with Gasteiger partial charge in [-0.15, -0.1) is 0 Å². The van der Waals surface area contributed by atoms with E-state index < -0.39 is 27.1 Å². The van der Waals surface area contributed by atoms with Gasteiger partial charge in [0.05, 0.1) is 21.8 Å². The van der Waals surface area contributed by atoms with E-state index in [1.807, 2.05) is 27.7 Å². The first-order chi connectivity index (χ1) is 13.6. The second kappa shape index (κ2) is 9.00. The van der Waals surface area contributed by atoms with E-state index in [2.05, 4.69) is 0 Å². The number of rotatable bonds is 7. The number of benzene rings is 2. The number of hydrogen-bond donors (Lipinski definition) is 0. The van der Waals surface area contributed by atoms with Crippen molar-refractivity contribution in [2.75, 3.05) is 0 Å². The van der Waals surface area contributed by atoms with Gasteiger partial charge in [0.2, 0.25) is 5.91 Å². The molecule has 0 fully saturated rings. The molecule has 2 aromatic carbocycles. The van der Waals surface area contributed by atoms with Crippen LogP contribution in [0.1, 0.15) is 44.7 Å². The van der Waals surface area contributed by atoms with Crippen molar-refractivity contribution < 1.29 is 14.6 Å². The number of nitro groups is 2. The van der Waals surface area contributed by atoms with Crippen LogP contribution in [0.5, 0.6) is 0 Å². The van der Waals surface area contributed by atoms with Crippen LogP contribution in [0.3, 0.4) is 0 Å². The van der Waals surface area contributed by atoms with Gasteiger partial charge in [-0.2, -0.15) is 0 Å². The number of carbonyl (C=O) groups is 1. The normalized spacial score (nSPS) is 12.1. The van der Waals surface area contributed by atoms with E-state index in [1.54, 1.807) is 29.2 Å². The Bertz CT molecular complexity index is 937. The monoisotopic (exact) mass is 419 g/mol. The summed E-state index contributed by atoms with van der Waals surface area (Å²) in [6.07, 6.45) is 0. The molecular formula is C20H22ClN3O5. The van der Waals surface area contributed by atoms with Crippen molar-refractivity contribution in [1.29, 1.82) is 0 Å². The molecule has 8 nitrogen and oxygen atoms in total. The molecule has 0 aromatic heterocycles. The highest BCUT2D eigenvalue weighted by Gasteiger charge is 2.36. The number of non-ortho nitro benzene ring substituents is 1. The molecule has 0 saturated carbocycles. The molecule has 1 atom stereocenters. The summed E-state index contributed by atoms with van der Waals surface area (Å²) in [5.74, 6) is -1.44. The van der Waals surface area contributed by atoms with Gasteiger partial charge in [0.15, 0.2) is 0 Å². The van der Waals surface area contributed by atoms with Crippen molar-refractivity contribution in [3.63, 3.8) is 0 Å². The van der Waals surface area contributed by atoms with Gasteiger partial charge < -0.3 is 4.90 Å². The van der Waals surface area contributed by atoms with E-state index in [4.69, 9.17) is 11.6 Å². The number of carbonyl (C=O) groups excluding carboxylic acids is 1. The molecule has 0 bridgehead atoms. The van der Waals surface area contributed by atoms with Crippen LogP contribution < -0.4 is 0 Å².